The average Bonchev–Trinajstić information content (AvgIpc) is 3.19. The summed E-state index contributed by atoms with van der Waals surface area (Å²) in [5.41, 5.74) is 2.37. The third-order valence-corrected chi connectivity index (χ3v) is 6.69. The van der Waals surface area contributed by atoms with Crippen molar-refractivity contribution in [2.45, 2.75) is 63.7 Å². The van der Waals surface area contributed by atoms with Gasteiger partial charge in [-0.05, 0) is 62.2 Å². The lowest BCUT2D eigenvalue weighted by atomic mass is 9.94. The third kappa shape index (κ3) is 5.52. The summed E-state index contributed by atoms with van der Waals surface area (Å²) in [5.74, 6) is 1.59. The molecule has 2 nitrogen and oxygen atoms in total. The van der Waals surface area contributed by atoms with E-state index in [-0.39, 0.29) is 0 Å². The second kappa shape index (κ2) is 10.0. The molecule has 1 saturated heterocycles. The van der Waals surface area contributed by atoms with Crippen LogP contribution in [0.4, 0.5) is 0 Å². The molecular weight excluding hydrogens is 338 g/mol. The van der Waals surface area contributed by atoms with Crippen LogP contribution in [0.3, 0.4) is 0 Å². The highest BCUT2D eigenvalue weighted by Gasteiger charge is 2.18. The molecule has 2 heterocycles. The number of carbonyl (C=O) groups is 1. The van der Waals surface area contributed by atoms with Crippen LogP contribution in [0.1, 0.15) is 84.5 Å². The van der Waals surface area contributed by atoms with Crippen molar-refractivity contribution in [3.63, 3.8) is 0 Å². The Morgan fingerprint density at radius 3 is 2.69 bits per heavy atom. The van der Waals surface area contributed by atoms with Gasteiger partial charge in [0.25, 0.3) is 0 Å². The van der Waals surface area contributed by atoms with E-state index in [1.165, 1.54) is 36.1 Å². The number of hydrogen-bond acceptors (Lipinski definition) is 3. The summed E-state index contributed by atoms with van der Waals surface area (Å²) < 4.78 is 0. The number of hydrogen-bond donors (Lipinski definition) is 1. The second-order valence-corrected chi connectivity index (χ2v) is 8.54. The SMILES string of the molecule is CC(CCCCCC(=O)c1csc(C2CCNCC2)c1)c1ccccc1. The quantitative estimate of drug-likeness (QED) is 0.424. The molecule has 1 atom stereocenters. The molecule has 3 rings (SSSR count). The number of carbonyl (C=O) groups excluding carboxylic acids is 1. The van der Waals surface area contributed by atoms with Crippen LogP contribution < -0.4 is 5.32 Å². The van der Waals surface area contributed by atoms with Gasteiger partial charge in [0.05, 0.1) is 0 Å². The highest BCUT2D eigenvalue weighted by molar-refractivity contribution is 7.10. The van der Waals surface area contributed by atoms with Gasteiger partial charge in [-0.25, -0.2) is 0 Å². The van der Waals surface area contributed by atoms with Crippen molar-refractivity contribution >= 4 is 17.1 Å². The number of piperidine rings is 1. The van der Waals surface area contributed by atoms with Gasteiger partial charge in [0.2, 0.25) is 0 Å². The first-order chi connectivity index (χ1) is 12.7. The molecule has 1 fully saturated rings. The van der Waals surface area contributed by atoms with E-state index < -0.39 is 0 Å². The Hall–Kier alpha value is -1.45. The lowest BCUT2D eigenvalue weighted by Crippen LogP contribution is -2.26. The van der Waals surface area contributed by atoms with Crippen LogP contribution in [0.25, 0.3) is 0 Å². The molecular formula is C23H31NOS. The van der Waals surface area contributed by atoms with Gasteiger partial charge in [0, 0.05) is 22.2 Å². The molecule has 140 valence electrons. The predicted octanol–water partition coefficient (Wildman–Crippen LogP) is 6.15. The van der Waals surface area contributed by atoms with Crippen molar-refractivity contribution in [3.8, 4) is 0 Å². The molecule has 0 amide bonds. The van der Waals surface area contributed by atoms with Gasteiger partial charge in [0.1, 0.15) is 0 Å². The van der Waals surface area contributed by atoms with Gasteiger partial charge in [-0.2, -0.15) is 0 Å². The molecule has 0 aliphatic carbocycles. The van der Waals surface area contributed by atoms with Gasteiger partial charge >= 0.3 is 0 Å². The van der Waals surface area contributed by atoms with E-state index >= 15 is 0 Å². The maximum absolute atomic E-state index is 12.5. The van der Waals surface area contributed by atoms with Crippen LogP contribution in [0.2, 0.25) is 0 Å². The van der Waals surface area contributed by atoms with Gasteiger partial charge in [-0.1, -0.05) is 50.1 Å². The average molecular weight is 370 g/mol. The minimum atomic E-state index is 0.331. The summed E-state index contributed by atoms with van der Waals surface area (Å²) >= 11 is 1.78. The molecule has 0 spiro atoms. The molecule has 0 radical (unpaired) electrons. The normalized spacial score (nSPS) is 16.5. The number of Topliss-reactive ketones (excluding diaryl/α,β-unsaturated/α-hetero) is 1. The first-order valence-electron chi connectivity index (χ1n) is 10.1. The van der Waals surface area contributed by atoms with Crippen molar-refractivity contribution < 1.29 is 4.79 Å². The molecule has 1 aliphatic rings. The van der Waals surface area contributed by atoms with E-state index in [1.807, 2.05) is 0 Å². The Morgan fingerprint density at radius 2 is 1.92 bits per heavy atom. The Bertz CT molecular complexity index is 673. The van der Waals surface area contributed by atoms with Gasteiger partial charge in [0.15, 0.2) is 5.78 Å². The lowest BCUT2D eigenvalue weighted by molar-refractivity contribution is 0.0979. The number of unbranched alkanes of at least 4 members (excludes halogenated alkanes) is 2. The van der Waals surface area contributed by atoms with E-state index in [0.717, 1.165) is 31.5 Å². The van der Waals surface area contributed by atoms with Crippen LogP contribution >= 0.6 is 11.3 Å². The van der Waals surface area contributed by atoms with Crippen molar-refractivity contribution in [2.24, 2.45) is 0 Å². The monoisotopic (exact) mass is 369 g/mol. The number of thiophene rings is 1. The highest BCUT2D eigenvalue weighted by atomic mass is 32.1. The smallest absolute Gasteiger partial charge is 0.163 e. The first-order valence-corrected chi connectivity index (χ1v) is 11.0. The molecule has 26 heavy (non-hydrogen) atoms. The van der Waals surface area contributed by atoms with Crippen molar-refractivity contribution in [3.05, 3.63) is 57.8 Å². The zero-order chi connectivity index (χ0) is 18.2. The second-order valence-electron chi connectivity index (χ2n) is 7.60. The predicted molar refractivity (Wildman–Crippen MR) is 111 cm³/mol. The molecule has 0 bridgehead atoms. The largest absolute Gasteiger partial charge is 0.317 e. The topological polar surface area (TPSA) is 29.1 Å². The number of rotatable bonds is 9. The highest BCUT2D eigenvalue weighted by Crippen LogP contribution is 2.31. The molecule has 1 aromatic heterocycles. The molecule has 1 unspecified atom stereocenters. The summed E-state index contributed by atoms with van der Waals surface area (Å²) in [6.45, 7) is 4.51. The Labute approximate surface area is 162 Å². The van der Waals surface area contributed by atoms with Gasteiger partial charge in [-0.3, -0.25) is 4.79 Å². The number of benzene rings is 1. The number of ketones is 1. The van der Waals surface area contributed by atoms with Gasteiger partial charge in [-0.15, -0.1) is 11.3 Å². The fraction of sp³-hybridized carbons (Fsp3) is 0.522. The summed E-state index contributed by atoms with van der Waals surface area (Å²) in [6, 6.07) is 12.9. The summed E-state index contributed by atoms with van der Waals surface area (Å²) in [5, 5.41) is 5.49. The Balaban J connectivity index is 1.36. The molecule has 1 N–H and O–H groups in total. The lowest BCUT2D eigenvalue weighted by Gasteiger charge is -2.21. The fourth-order valence-electron chi connectivity index (χ4n) is 3.82. The zero-order valence-electron chi connectivity index (χ0n) is 15.9. The summed E-state index contributed by atoms with van der Waals surface area (Å²) in [7, 11) is 0. The van der Waals surface area contributed by atoms with Crippen LogP contribution in [-0.2, 0) is 0 Å². The first kappa shape index (κ1) is 19.3. The van der Waals surface area contributed by atoms with E-state index in [2.05, 4.69) is 54.0 Å². The number of nitrogens with one attached hydrogen (secondary N) is 1. The molecule has 1 aromatic carbocycles. The molecule has 1 aliphatic heterocycles. The van der Waals surface area contributed by atoms with Crippen LogP contribution in [0.5, 0.6) is 0 Å². The maximum atomic E-state index is 12.5. The van der Waals surface area contributed by atoms with E-state index in [4.69, 9.17) is 0 Å². The van der Waals surface area contributed by atoms with Crippen LogP contribution in [0, 0.1) is 0 Å². The van der Waals surface area contributed by atoms with Gasteiger partial charge < -0.3 is 5.32 Å². The maximum Gasteiger partial charge on any atom is 0.163 e. The molecule has 0 saturated carbocycles. The van der Waals surface area contributed by atoms with Crippen LogP contribution in [-0.4, -0.2) is 18.9 Å². The Kier molecular flexibility index (Phi) is 7.45. The zero-order valence-corrected chi connectivity index (χ0v) is 16.7. The van der Waals surface area contributed by atoms with Crippen molar-refractivity contribution in [1.82, 2.24) is 5.32 Å². The van der Waals surface area contributed by atoms with Crippen molar-refractivity contribution in [2.75, 3.05) is 13.1 Å². The van der Waals surface area contributed by atoms with E-state index in [1.54, 1.807) is 11.3 Å². The van der Waals surface area contributed by atoms with Crippen molar-refractivity contribution in [1.29, 1.82) is 0 Å². The van der Waals surface area contributed by atoms with Crippen LogP contribution in [0.15, 0.2) is 41.8 Å². The Morgan fingerprint density at radius 1 is 1.15 bits per heavy atom. The van der Waals surface area contributed by atoms with E-state index in [0.29, 0.717) is 24.0 Å². The molecule has 2 aromatic rings. The van der Waals surface area contributed by atoms with E-state index in [9.17, 15) is 4.79 Å². The third-order valence-electron chi connectivity index (χ3n) is 5.59. The summed E-state index contributed by atoms with van der Waals surface area (Å²) in [6.07, 6.45) is 7.67. The summed E-state index contributed by atoms with van der Waals surface area (Å²) in [4.78, 5) is 13.9. The minimum absolute atomic E-state index is 0.331. The fourth-order valence-corrected chi connectivity index (χ4v) is 4.91. The standard InChI is InChI=1S/C23H31NOS/c1-18(19-9-5-3-6-10-19)8-4-2-7-11-22(25)21-16-23(26-17-21)20-12-14-24-15-13-20/h3,5-6,9-10,16-18,20,24H,2,4,7-8,11-15H2,1H3. The molecule has 3 heteroatoms. The minimum Gasteiger partial charge on any atom is -0.317 e.